The van der Waals surface area contributed by atoms with E-state index >= 15 is 0 Å². The lowest BCUT2D eigenvalue weighted by molar-refractivity contribution is -0.167. The molecule has 0 aromatic heterocycles. The van der Waals surface area contributed by atoms with Gasteiger partial charge in [0.05, 0.1) is 5.69 Å². The number of halogens is 3. The van der Waals surface area contributed by atoms with Crippen molar-refractivity contribution in [3.63, 3.8) is 0 Å². The molecule has 0 saturated heterocycles. The van der Waals surface area contributed by atoms with Crippen molar-refractivity contribution >= 4 is 11.6 Å². The first-order chi connectivity index (χ1) is 8.30. The van der Waals surface area contributed by atoms with Crippen molar-refractivity contribution < 1.29 is 23.1 Å². The number of alkyl halides is 3. The summed E-state index contributed by atoms with van der Waals surface area (Å²) in [6.45, 7) is 1.42. The molecule has 96 valence electrons. The molecule has 18 heavy (non-hydrogen) atoms. The molecule has 0 fully saturated rings. The molecule has 2 N–H and O–H groups in total. The zero-order chi connectivity index (χ0) is 13.8. The van der Waals surface area contributed by atoms with Gasteiger partial charge in [-0.1, -0.05) is 24.0 Å². The van der Waals surface area contributed by atoms with E-state index in [-0.39, 0.29) is 11.3 Å². The molecular formula is C12H10F3NO2. The predicted octanol–water partition coefficient (Wildman–Crippen LogP) is 1.92. The Kier molecular flexibility index (Phi) is 4.34. The number of nitrogens with one attached hydrogen (secondary N) is 1. The second-order valence-electron chi connectivity index (χ2n) is 3.44. The van der Waals surface area contributed by atoms with Crippen molar-refractivity contribution in [3.8, 4) is 11.8 Å². The number of carbonyl (C=O) groups excluding carboxylic acids is 1. The molecule has 1 amide bonds. The summed E-state index contributed by atoms with van der Waals surface area (Å²) in [5.41, 5.74) is 0.156. The Bertz CT molecular complexity index is 498. The number of anilines is 1. The molecule has 1 aromatic rings. The zero-order valence-electron chi connectivity index (χ0n) is 9.38. The largest absolute Gasteiger partial charge is 0.471 e. The monoisotopic (exact) mass is 257 g/mol. The molecule has 0 saturated carbocycles. The summed E-state index contributed by atoms with van der Waals surface area (Å²) < 4.78 is 36.3. The highest BCUT2D eigenvalue weighted by Gasteiger charge is 2.38. The number of amides is 1. The van der Waals surface area contributed by atoms with Crippen molar-refractivity contribution in [2.24, 2.45) is 0 Å². The molecule has 0 spiro atoms. The average molecular weight is 257 g/mol. The number of hydrogen-bond donors (Lipinski definition) is 2. The van der Waals surface area contributed by atoms with Crippen LogP contribution in [0.2, 0.25) is 0 Å². The van der Waals surface area contributed by atoms with Crippen molar-refractivity contribution in [2.75, 3.05) is 5.32 Å². The fourth-order valence-electron chi connectivity index (χ4n) is 1.08. The van der Waals surface area contributed by atoms with E-state index in [9.17, 15) is 18.0 Å². The zero-order valence-corrected chi connectivity index (χ0v) is 9.38. The lowest BCUT2D eigenvalue weighted by Gasteiger charge is -2.09. The second-order valence-corrected chi connectivity index (χ2v) is 3.44. The molecule has 0 heterocycles. The van der Waals surface area contributed by atoms with Crippen molar-refractivity contribution in [3.05, 3.63) is 29.8 Å². The van der Waals surface area contributed by atoms with Gasteiger partial charge >= 0.3 is 12.1 Å². The third-order valence-electron chi connectivity index (χ3n) is 1.85. The maximum atomic E-state index is 12.1. The average Bonchev–Trinajstić information content (AvgIpc) is 2.26. The van der Waals surface area contributed by atoms with E-state index in [0.717, 1.165) is 0 Å². The Balaban J connectivity index is 2.98. The number of aliphatic hydroxyl groups excluding tert-OH is 1. The summed E-state index contributed by atoms with van der Waals surface area (Å²) in [6, 6.07) is 5.78. The van der Waals surface area contributed by atoms with Gasteiger partial charge in [0.15, 0.2) is 0 Å². The van der Waals surface area contributed by atoms with Gasteiger partial charge in [-0.2, -0.15) is 13.2 Å². The highest BCUT2D eigenvalue weighted by atomic mass is 19.4. The van der Waals surface area contributed by atoms with E-state index in [4.69, 9.17) is 5.11 Å². The van der Waals surface area contributed by atoms with Gasteiger partial charge in [-0.05, 0) is 19.1 Å². The van der Waals surface area contributed by atoms with Crippen LogP contribution in [0.1, 0.15) is 12.5 Å². The van der Waals surface area contributed by atoms with Crippen LogP contribution in [0.3, 0.4) is 0 Å². The van der Waals surface area contributed by atoms with E-state index in [2.05, 4.69) is 11.8 Å². The Labute approximate surface area is 102 Å². The van der Waals surface area contributed by atoms with Crippen LogP contribution in [0.15, 0.2) is 24.3 Å². The van der Waals surface area contributed by atoms with Crippen molar-refractivity contribution in [1.29, 1.82) is 0 Å². The molecule has 6 heteroatoms. The molecule has 0 bridgehead atoms. The van der Waals surface area contributed by atoms with Crippen LogP contribution in [-0.2, 0) is 4.79 Å². The van der Waals surface area contributed by atoms with Crippen LogP contribution in [0, 0.1) is 11.8 Å². The highest BCUT2D eigenvalue weighted by molar-refractivity contribution is 5.96. The molecule has 1 atom stereocenters. The van der Waals surface area contributed by atoms with Crippen LogP contribution in [0.25, 0.3) is 0 Å². The summed E-state index contributed by atoms with van der Waals surface area (Å²) in [4.78, 5) is 10.8. The number of para-hydroxylation sites is 1. The second kappa shape index (κ2) is 5.56. The minimum Gasteiger partial charge on any atom is -0.381 e. The fourth-order valence-corrected chi connectivity index (χ4v) is 1.08. The van der Waals surface area contributed by atoms with Gasteiger partial charge < -0.3 is 10.4 Å². The third kappa shape index (κ3) is 4.11. The summed E-state index contributed by atoms with van der Waals surface area (Å²) >= 11 is 0. The van der Waals surface area contributed by atoms with Crippen molar-refractivity contribution in [2.45, 2.75) is 19.2 Å². The molecule has 0 radical (unpaired) electrons. The molecule has 0 aliphatic heterocycles. The maximum Gasteiger partial charge on any atom is 0.471 e. The standard InChI is InChI=1S/C12H10F3NO2/c1-8(17)6-7-9-4-2-3-5-10(9)16-11(18)12(13,14)15/h2-5,8,17H,1H3,(H,16,18). The Hall–Kier alpha value is -2.00. The highest BCUT2D eigenvalue weighted by Crippen LogP contribution is 2.20. The number of carbonyl (C=O) groups is 1. The van der Waals surface area contributed by atoms with Crippen LogP contribution in [0.5, 0.6) is 0 Å². The van der Waals surface area contributed by atoms with E-state index in [1.165, 1.54) is 25.1 Å². The molecule has 1 aromatic carbocycles. The molecule has 1 rings (SSSR count). The first kappa shape index (κ1) is 14.1. The van der Waals surface area contributed by atoms with E-state index in [1.807, 2.05) is 0 Å². The number of aliphatic hydroxyl groups is 1. The molecule has 3 nitrogen and oxygen atoms in total. The van der Waals surface area contributed by atoms with Crippen LogP contribution in [-0.4, -0.2) is 23.3 Å². The van der Waals surface area contributed by atoms with Gasteiger partial charge in [0.2, 0.25) is 0 Å². The molecular weight excluding hydrogens is 247 g/mol. The predicted molar refractivity (Wildman–Crippen MR) is 59.7 cm³/mol. The minimum atomic E-state index is -4.95. The normalized spacial score (nSPS) is 12.3. The Morgan fingerprint density at radius 1 is 1.39 bits per heavy atom. The van der Waals surface area contributed by atoms with Gasteiger partial charge in [0, 0.05) is 5.56 Å². The first-order valence-corrected chi connectivity index (χ1v) is 4.97. The summed E-state index contributed by atoms with van der Waals surface area (Å²) in [7, 11) is 0. The quantitative estimate of drug-likeness (QED) is 0.755. The third-order valence-corrected chi connectivity index (χ3v) is 1.85. The summed E-state index contributed by atoms with van der Waals surface area (Å²) in [6.07, 6.45) is -5.86. The summed E-state index contributed by atoms with van der Waals surface area (Å²) in [5, 5.41) is 10.7. The van der Waals surface area contributed by atoms with Gasteiger partial charge in [0.25, 0.3) is 0 Å². The number of hydrogen-bond acceptors (Lipinski definition) is 2. The Morgan fingerprint density at radius 2 is 2.00 bits per heavy atom. The van der Waals surface area contributed by atoms with Gasteiger partial charge in [-0.3, -0.25) is 4.79 Å². The number of rotatable bonds is 1. The summed E-state index contributed by atoms with van der Waals surface area (Å²) in [5.74, 6) is 2.81. The van der Waals surface area contributed by atoms with Gasteiger partial charge in [-0.25, -0.2) is 0 Å². The van der Waals surface area contributed by atoms with Crippen molar-refractivity contribution in [1.82, 2.24) is 0 Å². The maximum absolute atomic E-state index is 12.1. The van der Waals surface area contributed by atoms with Gasteiger partial charge in [-0.15, -0.1) is 0 Å². The van der Waals surface area contributed by atoms with E-state index in [0.29, 0.717) is 0 Å². The smallest absolute Gasteiger partial charge is 0.381 e. The van der Waals surface area contributed by atoms with E-state index in [1.54, 1.807) is 11.4 Å². The van der Waals surface area contributed by atoms with Gasteiger partial charge in [0.1, 0.15) is 6.10 Å². The lowest BCUT2D eigenvalue weighted by Crippen LogP contribution is -2.30. The first-order valence-electron chi connectivity index (χ1n) is 4.97. The topological polar surface area (TPSA) is 49.3 Å². The SMILES string of the molecule is CC(O)C#Cc1ccccc1NC(=O)C(F)(F)F. The minimum absolute atomic E-state index is 0.0482. The molecule has 0 aliphatic rings. The van der Waals surface area contributed by atoms with E-state index < -0.39 is 18.2 Å². The Morgan fingerprint density at radius 3 is 2.56 bits per heavy atom. The molecule has 1 unspecified atom stereocenters. The molecule has 0 aliphatic carbocycles. The lowest BCUT2D eigenvalue weighted by atomic mass is 10.1. The van der Waals surface area contributed by atoms with Crippen LogP contribution in [0.4, 0.5) is 18.9 Å². The fraction of sp³-hybridized carbons (Fsp3) is 0.250. The number of benzene rings is 1. The van der Waals surface area contributed by atoms with Crippen LogP contribution < -0.4 is 5.32 Å². The van der Waals surface area contributed by atoms with Crippen LogP contribution >= 0.6 is 0 Å².